The zero-order chi connectivity index (χ0) is 5.28. The lowest BCUT2D eigenvalue weighted by Gasteiger charge is -2.04. The van der Waals surface area contributed by atoms with Gasteiger partial charge in [0.2, 0.25) is 6.29 Å². The van der Waals surface area contributed by atoms with Crippen LogP contribution in [0.25, 0.3) is 0 Å². The minimum Gasteiger partial charge on any atom is -0.472 e. The first-order valence-electron chi connectivity index (χ1n) is 2.31. The van der Waals surface area contributed by atoms with Crippen LogP contribution in [0.5, 0.6) is 0 Å². The van der Waals surface area contributed by atoms with Crippen LogP contribution in [0.4, 0.5) is 0 Å². The normalized spacial score (nSPS) is 38.6. The molecule has 1 aliphatic heterocycles. The van der Waals surface area contributed by atoms with Crippen LogP contribution in [0.3, 0.4) is 0 Å². The van der Waals surface area contributed by atoms with Crippen LogP contribution in [0.1, 0.15) is 6.92 Å². The van der Waals surface area contributed by atoms with Gasteiger partial charge >= 0.3 is 0 Å². The van der Waals surface area contributed by atoms with E-state index in [1.165, 1.54) is 6.26 Å². The van der Waals surface area contributed by atoms with Crippen LogP contribution < -0.4 is 0 Å². The monoisotopic (exact) mass is 100 g/mol. The summed E-state index contributed by atoms with van der Waals surface area (Å²) < 4.78 is 4.64. The third-order valence-corrected chi connectivity index (χ3v) is 1.05. The van der Waals surface area contributed by atoms with E-state index in [9.17, 15) is 0 Å². The van der Waals surface area contributed by atoms with E-state index >= 15 is 0 Å². The van der Waals surface area contributed by atoms with Crippen molar-refractivity contribution in [3.8, 4) is 0 Å². The Hall–Kier alpha value is -0.500. The van der Waals surface area contributed by atoms with Crippen LogP contribution in [0.2, 0.25) is 0 Å². The Balaban J connectivity index is 2.45. The Kier molecular flexibility index (Phi) is 1.02. The molecule has 1 N–H and O–H groups in total. The molecule has 0 saturated carbocycles. The molecule has 2 nitrogen and oxygen atoms in total. The van der Waals surface area contributed by atoms with Crippen LogP contribution >= 0.6 is 0 Å². The van der Waals surface area contributed by atoms with Gasteiger partial charge in [0.15, 0.2) is 0 Å². The van der Waals surface area contributed by atoms with Crippen molar-refractivity contribution in [1.29, 1.82) is 0 Å². The van der Waals surface area contributed by atoms with Gasteiger partial charge < -0.3 is 9.84 Å². The highest BCUT2D eigenvalue weighted by molar-refractivity contribution is 4.88. The highest BCUT2D eigenvalue weighted by Crippen LogP contribution is 2.12. The minimum atomic E-state index is -0.597. The molecule has 1 rings (SSSR count). The standard InChI is InChI=1S/C5H8O2/c1-4-2-3-7-5(4)6/h2-6H,1H3/t4-,5-/m1/s1. The Morgan fingerprint density at radius 1 is 1.71 bits per heavy atom. The lowest BCUT2D eigenvalue weighted by molar-refractivity contribution is -0.0572. The molecule has 2 heteroatoms. The SMILES string of the molecule is C[C@@H]1C=CO[C@H]1O. The molecule has 1 heterocycles. The lowest BCUT2D eigenvalue weighted by Crippen LogP contribution is -2.10. The van der Waals surface area contributed by atoms with Gasteiger partial charge in [-0.25, -0.2) is 0 Å². The highest BCUT2D eigenvalue weighted by atomic mass is 16.6. The molecule has 1 aliphatic rings. The van der Waals surface area contributed by atoms with E-state index in [1.807, 2.05) is 13.0 Å². The fourth-order valence-electron chi connectivity index (χ4n) is 0.469. The van der Waals surface area contributed by atoms with Crippen LogP contribution in [0, 0.1) is 5.92 Å². The molecule has 2 atom stereocenters. The van der Waals surface area contributed by atoms with Crippen molar-refractivity contribution < 1.29 is 9.84 Å². The molecule has 0 aliphatic carbocycles. The quantitative estimate of drug-likeness (QED) is 0.480. The summed E-state index contributed by atoms with van der Waals surface area (Å²) in [5.74, 6) is 0.167. The van der Waals surface area contributed by atoms with Crippen molar-refractivity contribution in [2.24, 2.45) is 5.92 Å². The average Bonchev–Trinajstić information content (AvgIpc) is 1.91. The summed E-state index contributed by atoms with van der Waals surface area (Å²) in [6.45, 7) is 1.90. The van der Waals surface area contributed by atoms with E-state index in [4.69, 9.17) is 5.11 Å². The predicted octanol–water partition coefficient (Wildman–Crippen LogP) is 0.485. The van der Waals surface area contributed by atoms with Gasteiger partial charge in [-0.3, -0.25) is 0 Å². The van der Waals surface area contributed by atoms with E-state index in [1.54, 1.807) is 0 Å². The Labute approximate surface area is 42.4 Å². The van der Waals surface area contributed by atoms with Crippen LogP contribution in [-0.4, -0.2) is 11.4 Å². The van der Waals surface area contributed by atoms with E-state index in [0.29, 0.717) is 0 Å². The van der Waals surface area contributed by atoms with Gasteiger partial charge in [-0.2, -0.15) is 0 Å². The second kappa shape index (κ2) is 1.54. The maximum Gasteiger partial charge on any atom is 0.202 e. The molecule has 7 heavy (non-hydrogen) atoms. The summed E-state index contributed by atoms with van der Waals surface area (Å²) in [6, 6.07) is 0. The van der Waals surface area contributed by atoms with Gasteiger partial charge in [-0.05, 0) is 6.08 Å². The van der Waals surface area contributed by atoms with Crippen molar-refractivity contribution >= 4 is 0 Å². The van der Waals surface area contributed by atoms with E-state index in [0.717, 1.165) is 0 Å². The molecule has 0 unspecified atom stereocenters. The van der Waals surface area contributed by atoms with E-state index in [2.05, 4.69) is 4.74 Å². The summed E-state index contributed by atoms with van der Waals surface area (Å²) >= 11 is 0. The smallest absolute Gasteiger partial charge is 0.202 e. The van der Waals surface area contributed by atoms with Crippen molar-refractivity contribution in [1.82, 2.24) is 0 Å². The first kappa shape index (κ1) is 4.65. The summed E-state index contributed by atoms with van der Waals surface area (Å²) in [5.41, 5.74) is 0. The second-order valence-corrected chi connectivity index (χ2v) is 1.71. The number of aliphatic hydroxyl groups excluding tert-OH is 1. The van der Waals surface area contributed by atoms with Crippen molar-refractivity contribution in [2.75, 3.05) is 0 Å². The number of hydrogen-bond acceptors (Lipinski definition) is 2. The number of rotatable bonds is 0. The minimum absolute atomic E-state index is 0.167. The largest absolute Gasteiger partial charge is 0.472 e. The van der Waals surface area contributed by atoms with Crippen LogP contribution in [0.15, 0.2) is 12.3 Å². The zero-order valence-corrected chi connectivity index (χ0v) is 4.16. The molecular formula is C5H8O2. The van der Waals surface area contributed by atoms with Gasteiger partial charge in [-0.1, -0.05) is 6.92 Å². The molecule has 0 spiro atoms. The third-order valence-electron chi connectivity index (χ3n) is 1.05. The lowest BCUT2D eigenvalue weighted by atomic mass is 10.2. The molecule has 40 valence electrons. The molecule has 0 bridgehead atoms. The summed E-state index contributed by atoms with van der Waals surface area (Å²) in [4.78, 5) is 0. The number of hydrogen-bond donors (Lipinski definition) is 1. The first-order valence-corrected chi connectivity index (χ1v) is 2.31. The fourth-order valence-corrected chi connectivity index (χ4v) is 0.469. The van der Waals surface area contributed by atoms with Crippen molar-refractivity contribution in [2.45, 2.75) is 13.2 Å². The maximum atomic E-state index is 8.71. The molecular weight excluding hydrogens is 92.1 g/mol. The summed E-state index contributed by atoms with van der Waals surface area (Å²) in [5, 5.41) is 8.71. The van der Waals surface area contributed by atoms with Crippen LogP contribution in [-0.2, 0) is 4.74 Å². The van der Waals surface area contributed by atoms with Gasteiger partial charge in [0, 0.05) is 5.92 Å². The van der Waals surface area contributed by atoms with E-state index in [-0.39, 0.29) is 5.92 Å². The Bertz CT molecular complexity index is 88.1. The summed E-state index contributed by atoms with van der Waals surface area (Å²) in [6.07, 6.45) is 2.75. The predicted molar refractivity (Wildman–Crippen MR) is 25.4 cm³/mol. The topological polar surface area (TPSA) is 29.5 Å². The van der Waals surface area contributed by atoms with Gasteiger partial charge in [0.05, 0.1) is 6.26 Å². The van der Waals surface area contributed by atoms with Gasteiger partial charge in [0.1, 0.15) is 0 Å². The summed E-state index contributed by atoms with van der Waals surface area (Å²) in [7, 11) is 0. The molecule has 0 fully saturated rings. The number of ether oxygens (including phenoxy) is 1. The number of aliphatic hydroxyl groups is 1. The third kappa shape index (κ3) is 0.747. The zero-order valence-electron chi connectivity index (χ0n) is 4.16. The van der Waals surface area contributed by atoms with Gasteiger partial charge in [0.25, 0.3) is 0 Å². The molecule has 0 aromatic heterocycles. The Morgan fingerprint density at radius 3 is 2.57 bits per heavy atom. The van der Waals surface area contributed by atoms with Crippen molar-refractivity contribution in [3.05, 3.63) is 12.3 Å². The van der Waals surface area contributed by atoms with Crippen molar-refractivity contribution in [3.63, 3.8) is 0 Å². The average molecular weight is 100 g/mol. The molecule has 0 aromatic carbocycles. The Morgan fingerprint density at radius 2 is 2.43 bits per heavy atom. The second-order valence-electron chi connectivity index (χ2n) is 1.71. The van der Waals surface area contributed by atoms with Gasteiger partial charge in [-0.15, -0.1) is 0 Å². The van der Waals surface area contributed by atoms with E-state index < -0.39 is 6.29 Å². The first-order chi connectivity index (χ1) is 3.30. The molecule has 0 radical (unpaired) electrons. The molecule has 0 saturated heterocycles. The maximum absolute atomic E-state index is 8.71. The fraction of sp³-hybridized carbons (Fsp3) is 0.600. The molecule has 0 aromatic rings. The molecule has 0 amide bonds. The highest BCUT2D eigenvalue weighted by Gasteiger charge is 2.14.